The van der Waals surface area contributed by atoms with Crippen LogP contribution in [-0.2, 0) is 0 Å². The van der Waals surface area contributed by atoms with Crippen LogP contribution < -0.4 is 10.6 Å². The summed E-state index contributed by atoms with van der Waals surface area (Å²) < 4.78 is 1.73. The maximum absolute atomic E-state index is 11.9. The van der Waals surface area contributed by atoms with Gasteiger partial charge in [0.15, 0.2) is 0 Å². The fourth-order valence-electron chi connectivity index (χ4n) is 1.83. The molecule has 1 heterocycles. The van der Waals surface area contributed by atoms with E-state index in [2.05, 4.69) is 29.6 Å². The van der Waals surface area contributed by atoms with E-state index in [1.165, 1.54) is 0 Å². The van der Waals surface area contributed by atoms with Crippen LogP contribution in [0.1, 0.15) is 20.3 Å². The van der Waals surface area contributed by atoms with Gasteiger partial charge in [0.05, 0.1) is 11.4 Å². The van der Waals surface area contributed by atoms with E-state index in [-0.39, 0.29) is 6.03 Å². The third-order valence-corrected chi connectivity index (χ3v) is 2.91. The molecule has 1 aromatic heterocycles. The van der Waals surface area contributed by atoms with E-state index >= 15 is 0 Å². The highest BCUT2D eigenvalue weighted by atomic mass is 16.2. The van der Waals surface area contributed by atoms with Gasteiger partial charge < -0.3 is 10.6 Å². The summed E-state index contributed by atoms with van der Waals surface area (Å²) in [5, 5.41) is 9.90. The standard InChI is InChI=1S/C15H20N4O/c1-12(2)8-10-16-15(20)18-13-6-3-4-7-14(13)19-11-5-9-17-19/h3-7,9,11-12H,8,10H2,1-2H3,(H2,16,18,20). The summed E-state index contributed by atoms with van der Waals surface area (Å²) in [7, 11) is 0. The first-order chi connectivity index (χ1) is 9.66. The van der Waals surface area contributed by atoms with E-state index in [0.717, 1.165) is 17.8 Å². The zero-order chi connectivity index (χ0) is 14.4. The number of anilines is 1. The number of carbonyl (C=O) groups is 1. The molecular formula is C15H20N4O. The minimum absolute atomic E-state index is 0.190. The van der Waals surface area contributed by atoms with Crippen molar-refractivity contribution < 1.29 is 4.79 Å². The van der Waals surface area contributed by atoms with Gasteiger partial charge in [-0.05, 0) is 30.5 Å². The van der Waals surface area contributed by atoms with Crippen molar-refractivity contribution in [3.63, 3.8) is 0 Å². The topological polar surface area (TPSA) is 59.0 Å². The molecule has 20 heavy (non-hydrogen) atoms. The Morgan fingerprint density at radius 2 is 2.10 bits per heavy atom. The molecule has 0 aliphatic rings. The van der Waals surface area contributed by atoms with Gasteiger partial charge in [-0.3, -0.25) is 0 Å². The lowest BCUT2D eigenvalue weighted by Crippen LogP contribution is -2.30. The number of rotatable bonds is 5. The Labute approximate surface area is 119 Å². The smallest absolute Gasteiger partial charge is 0.319 e. The van der Waals surface area contributed by atoms with E-state index < -0.39 is 0 Å². The fourth-order valence-corrected chi connectivity index (χ4v) is 1.83. The molecule has 1 aromatic carbocycles. The predicted molar refractivity (Wildman–Crippen MR) is 80.0 cm³/mol. The zero-order valence-corrected chi connectivity index (χ0v) is 11.8. The third kappa shape index (κ3) is 3.85. The summed E-state index contributed by atoms with van der Waals surface area (Å²) in [5.41, 5.74) is 1.58. The average Bonchev–Trinajstić information content (AvgIpc) is 2.92. The van der Waals surface area contributed by atoms with E-state index in [1.807, 2.05) is 36.5 Å². The molecule has 0 spiro atoms. The molecule has 5 heteroatoms. The summed E-state index contributed by atoms with van der Waals surface area (Å²) in [6.45, 7) is 4.94. The summed E-state index contributed by atoms with van der Waals surface area (Å²) in [6, 6.07) is 9.23. The Bertz CT molecular complexity index is 549. The summed E-state index contributed by atoms with van der Waals surface area (Å²) in [5.74, 6) is 0.576. The number of hydrogen-bond donors (Lipinski definition) is 2. The zero-order valence-electron chi connectivity index (χ0n) is 11.8. The van der Waals surface area contributed by atoms with Gasteiger partial charge in [-0.15, -0.1) is 0 Å². The van der Waals surface area contributed by atoms with Crippen LogP contribution in [0.2, 0.25) is 0 Å². The molecular weight excluding hydrogens is 252 g/mol. The molecule has 5 nitrogen and oxygen atoms in total. The molecule has 0 fully saturated rings. The molecule has 0 saturated heterocycles. The maximum atomic E-state index is 11.9. The molecule has 0 bridgehead atoms. The third-order valence-electron chi connectivity index (χ3n) is 2.91. The number of nitrogens with zero attached hydrogens (tertiary/aromatic N) is 2. The average molecular weight is 272 g/mol. The monoisotopic (exact) mass is 272 g/mol. The van der Waals surface area contributed by atoms with E-state index in [9.17, 15) is 4.79 Å². The molecule has 0 unspecified atom stereocenters. The molecule has 2 rings (SSSR count). The minimum Gasteiger partial charge on any atom is -0.338 e. The molecule has 2 N–H and O–H groups in total. The molecule has 2 amide bonds. The van der Waals surface area contributed by atoms with Crippen LogP contribution in [-0.4, -0.2) is 22.4 Å². The van der Waals surface area contributed by atoms with Crippen molar-refractivity contribution in [2.24, 2.45) is 5.92 Å². The maximum Gasteiger partial charge on any atom is 0.319 e. The number of carbonyl (C=O) groups excluding carboxylic acids is 1. The number of para-hydroxylation sites is 2. The molecule has 0 aliphatic carbocycles. The Morgan fingerprint density at radius 3 is 2.80 bits per heavy atom. The van der Waals surface area contributed by atoms with Crippen LogP contribution in [0.25, 0.3) is 5.69 Å². The molecule has 0 atom stereocenters. The SMILES string of the molecule is CC(C)CCNC(=O)Nc1ccccc1-n1cccn1. The van der Waals surface area contributed by atoms with Gasteiger partial charge in [-0.25, -0.2) is 9.48 Å². The molecule has 0 saturated carbocycles. The van der Waals surface area contributed by atoms with Crippen molar-refractivity contribution in [1.29, 1.82) is 0 Å². The Morgan fingerprint density at radius 1 is 1.30 bits per heavy atom. The highest BCUT2D eigenvalue weighted by Gasteiger charge is 2.07. The highest BCUT2D eigenvalue weighted by molar-refractivity contribution is 5.91. The van der Waals surface area contributed by atoms with Crippen molar-refractivity contribution in [1.82, 2.24) is 15.1 Å². The van der Waals surface area contributed by atoms with Crippen LogP contribution in [0, 0.1) is 5.92 Å². The number of urea groups is 1. The number of hydrogen-bond acceptors (Lipinski definition) is 2. The molecule has 106 valence electrons. The lowest BCUT2D eigenvalue weighted by Gasteiger charge is -2.12. The number of aromatic nitrogens is 2. The molecule has 0 radical (unpaired) electrons. The highest BCUT2D eigenvalue weighted by Crippen LogP contribution is 2.18. The Balaban J connectivity index is 2.01. The van der Waals surface area contributed by atoms with Gasteiger partial charge in [-0.1, -0.05) is 26.0 Å². The van der Waals surface area contributed by atoms with E-state index in [1.54, 1.807) is 10.9 Å². The summed E-state index contributed by atoms with van der Waals surface area (Å²) >= 11 is 0. The first-order valence-corrected chi connectivity index (χ1v) is 6.80. The fraction of sp³-hybridized carbons (Fsp3) is 0.333. The lowest BCUT2D eigenvalue weighted by atomic mass is 10.1. The van der Waals surface area contributed by atoms with Crippen LogP contribution in [0.4, 0.5) is 10.5 Å². The summed E-state index contributed by atoms with van der Waals surface area (Å²) in [4.78, 5) is 11.9. The summed E-state index contributed by atoms with van der Waals surface area (Å²) in [6.07, 6.45) is 4.52. The van der Waals surface area contributed by atoms with Crippen LogP contribution >= 0.6 is 0 Å². The van der Waals surface area contributed by atoms with Gasteiger partial charge in [0.1, 0.15) is 0 Å². The second-order valence-corrected chi connectivity index (χ2v) is 5.03. The minimum atomic E-state index is -0.190. The van der Waals surface area contributed by atoms with Gasteiger partial charge in [0.2, 0.25) is 0 Å². The predicted octanol–water partition coefficient (Wildman–Crippen LogP) is 3.04. The van der Waals surface area contributed by atoms with Gasteiger partial charge in [0.25, 0.3) is 0 Å². The Hall–Kier alpha value is -2.30. The molecule has 2 aromatic rings. The first kappa shape index (κ1) is 14.1. The molecule has 0 aliphatic heterocycles. The van der Waals surface area contributed by atoms with Crippen LogP contribution in [0.5, 0.6) is 0 Å². The van der Waals surface area contributed by atoms with Crippen molar-refractivity contribution >= 4 is 11.7 Å². The van der Waals surface area contributed by atoms with E-state index in [4.69, 9.17) is 0 Å². The van der Waals surface area contributed by atoms with Gasteiger partial charge in [-0.2, -0.15) is 5.10 Å². The van der Waals surface area contributed by atoms with E-state index in [0.29, 0.717) is 12.5 Å². The van der Waals surface area contributed by atoms with Crippen molar-refractivity contribution in [2.75, 3.05) is 11.9 Å². The van der Waals surface area contributed by atoms with Crippen LogP contribution in [0.3, 0.4) is 0 Å². The second-order valence-electron chi connectivity index (χ2n) is 5.03. The van der Waals surface area contributed by atoms with Crippen molar-refractivity contribution in [3.05, 3.63) is 42.7 Å². The Kier molecular flexibility index (Phi) is 4.76. The number of benzene rings is 1. The number of nitrogens with one attached hydrogen (secondary N) is 2. The second kappa shape index (κ2) is 6.75. The van der Waals surface area contributed by atoms with Gasteiger partial charge in [0, 0.05) is 18.9 Å². The van der Waals surface area contributed by atoms with Crippen molar-refractivity contribution in [2.45, 2.75) is 20.3 Å². The van der Waals surface area contributed by atoms with Crippen LogP contribution in [0.15, 0.2) is 42.7 Å². The largest absolute Gasteiger partial charge is 0.338 e. The lowest BCUT2D eigenvalue weighted by molar-refractivity contribution is 0.251. The first-order valence-electron chi connectivity index (χ1n) is 6.80. The normalized spacial score (nSPS) is 10.6. The van der Waals surface area contributed by atoms with Gasteiger partial charge >= 0.3 is 6.03 Å². The quantitative estimate of drug-likeness (QED) is 0.879. The number of amides is 2. The van der Waals surface area contributed by atoms with Crippen molar-refractivity contribution in [3.8, 4) is 5.69 Å².